The Bertz CT molecular complexity index is 656. The highest BCUT2D eigenvalue weighted by Gasteiger charge is 2.22. The van der Waals surface area contributed by atoms with Crippen LogP contribution < -0.4 is 5.32 Å². The largest absolute Gasteiger partial charge is 0.378 e. The van der Waals surface area contributed by atoms with E-state index in [1.54, 1.807) is 0 Å². The first-order chi connectivity index (χ1) is 9.76. The number of benzene rings is 2. The van der Waals surface area contributed by atoms with Crippen molar-refractivity contribution in [1.82, 2.24) is 0 Å². The van der Waals surface area contributed by atoms with Crippen molar-refractivity contribution in [1.29, 1.82) is 5.26 Å². The van der Waals surface area contributed by atoms with E-state index in [1.807, 2.05) is 12.1 Å². The molecule has 0 aliphatic heterocycles. The number of rotatable bonds is 3. The van der Waals surface area contributed by atoms with Gasteiger partial charge in [0, 0.05) is 10.2 Å². The third kappa shape index (κ3) is 2.71. The number of nitrogens with zero attached hydrogens (tertiary/aromatic N) is 1. The Morgan fingerprint density at radius 2 is 2.00 bits per heavy atom. The maximum absolute atomic E-state index is 8.68. The highest BCUT2D eigenvalue weighted by molar-refractivity contribution is 9.10. The van der Waals surface area contributed by atoms with E-state index in [4.69, 9.17) is 5.26 Å². The van der Waals surface area contributed by atoms with Crippen LogP contribution in [0.3, 0.4) is 0 Å². The molecule has 0 bridgehead atoms. The summed E-state index contributed by atoms with van der Waals surface area (Å²) in [4.78, 5) is 0. The number of halogens is 1. The van der Waals surface area contributed by atoms with Crippen LogP contribution in [0.2, 0.25) is 0 Å². The zero-order valence-corrected chi connectivity index (χ0v) is 12.7. The lowest BCUT2D eigenvalue weighted by Crippen LogP contribution is -2.06. The van der Waals surface area contributed by atoms with Crippen molar-refractivity contribution >= 4 is 21.6 Å². The smallest absolute Gasteiger partial charge is 0.0669 e. The van der Waals surface area contributed by atoms with Gasteiger partial charge in [-0.2, -0.15) is 5.26 Å². The Balaban J connectivity index is 1.75. The number of nitrogens with one attached hydrogen (secondary N) is 1. The van der Waals surface area contributed by atoms with Crippen molar-refractivity contribution in [2.24, 2.45) is 0 Å². The topological polar surface area (TPSA) is 35.8 Å². The molecule has 2 aromatic rings. The zero-order chi connectivity index (χ0) is 13.9. The average molecular weight is 327 g/mol. The van der Waals surface area contributed by atoms with Crippen LogP contribution in [0.25, 0.3) is 0 Å². The molecule has 100 valence electrons. The van der Waals surface area contributed by atoms with Gasteiger partial charge < -0.3 is 5.32 Å². The lowest BCUT2D eigenvalue weighted by molar-refractivity contribution is 0.762. The molecule has 1 N–H and O–H groups in total. The van der Waals surface area contributed by atoms with Gasteiger partial charge in [-0.3, -0.25) is 0 Å². The molecule has 1 aliphatic carbocycles. The number of aryl methyl sites for hydroxylation is 1. The van der Waals surface area contributed by atoms with Crippen molar-refractivity contribution in [3.05, 3.63) is 63.6 Å². The summed E-state index contributed by atoms with van der Waals surface area (Å²) in [5, 5.41) is 12.3. The zero-order valence-electron chi connectivity index (χ0n) is 11.1. The second kappa shape index (κ2) is 5.68. The quantitative estimate of drug-likeness (QED) is 0.893. The van der Waals surface area contributed by atoms with Gasteiger partial charge in [-0.1, -0.05) is 34.1 Å². The first-order valence-corrected chi connectivity index (χ1v) is 7.56. The molecule has 0 spiro atoms. The van der Waals surface area contributed by atoms with Gasteiger partial charge in [0.1, 0.15) is 0 Å². The van der Waals surface area contributed by atoms with Crippen molar-refractivity contribution in [3.63, 3.8) is 0 Å². The van der Waals surface area contributed by atoms with E-state index in [-0.39, 0.29) is 0 Å². The van der Waals surface area contributed by atoms with Gasteiger partial charge in [0.2, 0.25) is 0 Å². The molecule has 0 saturated carbocycles. The van der Waals surface area contributed by atoms with Crippen LogP contribution in [-0.2, 0) is 12.8 Å². The molecular formula is C17H15BrN2. The van der Waals surface area contributed by atoms with Crippen LogP contribution in [0.1, 0.15) is 29.2 Å². The van der Waals surface area contributed by atoms with Crippen molar-refractivity contribution in [2.75, 3.05) is 5.32 Å². The van der Waals surface area contributed by atoms with Gasteiger partial charge >= 0.3 is 0 Å². The maximum Gasteiger partial charge on any atom is 0.0669 e. The third-order valence-electron chi connectivity index (χ3n) is 3.76. The summed E-state index contributed by atoms with van der Waals surface area (Å²) in [6.45, 7) is 0. The van der Waals surface area contributed by atoms with Gasteiger partial charge in [-0.05, 0) is 53.8 Å². The van der Waals surface area contributed by atoms with Gasteiger partial charge in [0.05, 0.1) is 18.5 Å². The van der Waals surface area contributed by atoms with Gasteiger partial charge in [0.25, 0.3) is 0 Å². The van der Waals surface area contributed by atoms with E-state index >= 15 is 0 Å². The minimum Gasteiger partial charge on any atom is -0.378 e. The van der Waals surface area contributed by atoms with Crippen LogP contribution in [0.5, 0.6) is 0 Å². The van der Waals surface area contributed by atoms with Crippen molar-refractivity contribution in [2.45, 2.75) is 25.3 Å². The Hall–Kier alpha value is -1.79. The number of fused-ring (bicyclic) bond motifs is 1. The predicted molar refractivity (Wildman–Crippen MR) is 84.6 cm³/mol. The molecule has 20 heavy (non-hydrogen) atoms. The SMILES string of the molecule is N#CCc1ccc(NC2CCc3cc(Br)ccc32)cc1. The number of anilines is 1. The summed E-state index contributed by atoms with van der Waals surface area (Å²) in [5.74, 6) is 0. The predicted octanol–water partition coefficient (Wildman–Crippen LogP) is 4.61. The van der Waals surface area contributed by atoms with Crippen LogP contribution >= 0.6 is 15.9 Å². The molecule has 3 rings (SSSR count). The van der Waals surface area contributed by atoms with Crippen molar-refractivity contribution in [3.8, 4) is 6.07 Å². The third-order valence-corrected chi connectivity index (χ3v) is 4.25. The molecule has 0 fully saturated rings. The van der Waals surface area contributed by atoms with Crippen LogP contribution in [-0.4, -0.2) is 0 Å². The fourth-order valence-electron chi connectivity index (χ4n) is 2.75. The molecule has 2 aromatic carbocycles. The standard InChI is InChI=1S/C17H15BrN2/c18-14-4-7-16-13(11-14)3-8-17(16)20-15-5-1-12(2-6-15)9-10-19/h1-2,4-7,11,17,20H,3,8-9H2. The van der Waals surface area contributed by atoms with E-state index < -0.39 is 0 Å². The summed E-state index contributed by atoms with van der Waals surface area (Å²) < 4.78 is 1.15. The van der Waals surface area contributed by atoms with Crippen LogP contribution in [0.15, 0.2) is 46.9 Å². The van der Waals surface area contributed by atoms with E-state index in [9.17, 15) is 0 Å². The summed E-state index contributed by atoms with van der Waals surface area (Å²) in [7, 11) is 0. The van der Waals surface area contributed by atoms with Crippen LogP contribution in [0.4, 0.5) is 5.69 Å². The lowest BCUT2D eigenvalue weighted by atomic mass is 10.1. The van der Waals surface area contributed by atoms with E-state index in [2.05, 4.69) is 57.6 Å². The van der Waals surface area contributed by atoms with Gasteiger partial charge in [-0.25, -0.2) is 0 Å². The minimum absolute atomic E-state index is 0.389. The second-order valence-electron chi connectivity index (χ2n) is 5.11. The molecular weight excluding hydrogens is 312 g/mol. The molecule has 0 radical (unpaired) electrons. The molecule has 0 heterocycles. The fraction of sp³-hybridized carbons (Fsp3) is 0.235. The molecule has 3 heteroatoms. The summed E-state index contributed by atoms with van der Waals surface area (Å²) in [5.41, 5.74) is 5.01. The molecule has 1 aliphatic rings. The summed E-state index contributed by atoms with van der Waals surface area (Å²) in [6.07, 6.45) is 2.73. The van der Waals surface area contributed by atoms with E-state index in [0.717, 1.165) is 28.6 Å². The monoisotopic (exact) mass is 326 g/mol. The Labute approximate surface area is 127 Å². The molecule has 0 saturated heterocycles. The maximum atomic E-state index is 8.68. The number of hydrogen-bond donors (Lipinski definition) is 1. The first kappa shape index (κ1) is 13.2. The second-order valence-corrected chi connectivity index (χ2v) is 6.03. The van der Waals surface area contributed by atoms with Gasteiger partial charge in [0.15, 0.2) is 0 Å². The first-order valence-electron chi connectivity index (χ1n) is 6.77. The summed E-state index contributed by atoms with van der Waals surface area (Å²) >= 11 is 3.53. The highest BCUT2D eigenvalue weighted by Crippen LogP contribution is 2.35. The molecule has 0 aromatic heterocycles. The Kier molecular flexibility index (Phi) is 3.75. The highest BCUT2D eigenvalue weighted by atomic mass is 79.9. The van der Waals surface area contributed by atoms with E-state index in [0.29, 0.717) is 12.5 Å². The van der Waals surface area contributed by atoms with E-state index in [1.165, 1.54) is 11.1 Å². The average Bonchev–Trinajstić information content (AvgIpc) is 2.83. The molecule has 0 amide bonds. The lowest BCUT2D eigenvalue weighted by Gasteiger charge is -2.16. The Morgan fingerprint density at radius 1 is 1.20 bits per heavy atom. The Morgan fingerprint density at radius 3 is 2.75 bits per heavy atom. The summed E-state index contributed by atoms with van der Waals surface area (Å²) in [6, 6.07) is 17.2. The number of hydrogen-bond acceptors (Lipinski definition) is 2. The normalized spacial score (nSPS) is 16.5. The molecule has 1 unspecified atom stereocenters. The fourth-order valence-corrected chi connectivity index (χ4v) is 3.16. The van der Waals surface area contributed by atoms with Crippen LogP contribution in [0, 0.1) is 11.3 Å². The van der Waals surface area contributed by atoms with Gasteiger partial charge in [-0.15, -0.1) is 0 Å². The molecule has 1 atom stereocenters. The van der Waals surface area contributed by atoms with Crippen molar-refractivity contribution < 1.29 is 0 Å². The number of nitriles is 1. The minimum atomic E-state index is 0.389. The molecule has 2 nitrogen and oxygen atoms in total.